The highest BCUT2D eigenvalue weighted by molar-refractivity contribution is 5.96. The van der Waals surface area contributed by atoms with Crippen LogP contribution in [0.15, 0.2) is 38.8 Å². The van der Waals surface area contributed by atoms with Gasteiger partial charge in [0.05, 0.1) is 0 Å². The van der Waals surface area contributed by atoms with Gasteiger partial charge in [0.25, 0.3) is 11.1 Å². The number of aryl methyl sites for hydroxylation is 2. The Labute approximate surface area is 181 Å². The molecule has 1 aliphatic rings. The predicted octanol–water partition coefficient (Wildman–Crippen LogP) is 3.73. The minimum Gasteiger partial charge on any atom is -0.358 e. The quantitative estimate of drug-likeness (QED) is 0.506. The van der Waals surface area contributed by atoms with Gasteiger partial charge in [-0.05, 0) is 31.9 Å². The Hall–Kier alpha value is -3.51. The molecule has 1 aromatic carbocycles. The number of anilines is 1. The zero-order valence-electron chi connectivity index (χ0n) is 17.2. The number of hydrogen-bond acceptors (Lipinski definition) is 4. The average Bonchev–Trinajstić information content (AvgIpc) is 3.00. The highest BCUT2D eigenvalue weighted by atomic mass is 19.4. The fourth-order valence-corrected chi connectivity index (χ4v) is 4.21. The van der Waals surface area contributed by atoms with Crippen LogP contribution >= 0.6 is 0 Å². The molecule has 4 rings (SSSR count). The molecule has 0 fully saturated rings. The molecule has 33 heavy (non-hydrogen) atoms. The number of hydrogen-bond donors (Lipinski definition) is 3. The van der Waals surface area contributed by atoms with Crippen LogP contribution in [-0.4, -0.2) is 32.7 Å². The van der Waals surface area contributed by atoms with Gasteiger partial charge in [0.2, 0.25) is 0 Å². The van der Waals surface area contributed by atoms with Gasteiger partial charge in [-0.1, -0.05) is 18.2 Å². The molecule has 0 saturated heterocycles. The van der Waals surface area contributed by atoms with Crippen molar-refractivity contribution in [2.45, 2.75) is 44.7 Å². The van der Waals surface area contributed by atoms with Crippen molar-refractivity contribution in [1.29, 1.82) is 0 Å². The Morgan fingerprint density at radius 3 is 2.27 bits per heavy atom. The fraction of sp³-hybridized carbons (Fsp3) is 0.350. The van der Waals surface area contributed by atoms with Crippen molar-refractivity contribution < 1.29 is 26.3 Å². The molecule has 176 valence electrons. The van der Waals surface area contributed by atoms with Gasteiger partial charge in [-0.15, -0.1) is 0 Å². The summed E-state index contributed by atoms with van der Waals surface area (Å²) in [6, 6.07) is 7.18. The van der Waals surface area contributed by atoms with E-state index in [-0.39, 0.29) is 13.0 Å². The van der Waals surface area contributed by atoms with E-state index >= 15 is 0 Å². The zero-order valence-corrected chi connectivity index (χ0v) is 17.2. The summed E-state index contributed by atoms with van der Waals surface area (Å²) in [5.41, 5.74) is -7.24. The van der Waals surface area contributed by atoms with Gasteiger partial charge in [0, 0.05) is 23.1 Å². The number of amidine groups is 1. The van der Waals surface area contributed by atoms with Crippen molar-refractivity contribution in [3.8, 4) is 0 Å². The van der Waals surface area contributed by atoms with Crippen molar-refractivity contribution in [2.75, 3.05) is 5.32 Å². The number of aliphatic imine (C=N–C) groups is 1. The molecule has 0 amide bonds. The number of fused-ring (bicyclic) bond motifs is 2. The molecule has 3 N–H and O–H groups in total. The third-order valence-corrected chi connectivity index (χ3v) is 5.63. The molecule has 0 atom stereocenters. The van der Waals surface area contributed by atoms with Gasteiger partial charge in [0.1, 0.15) is 17.2 Å². The van der Waals surface area contributed by atoms with Crippen molar-refractivity contribution in [3.05, 3.63) is 61.9 Å². The standard InChI is InChI=1S/C20H17F6N5O2/c1-9-11(12-5-3-4-6-13(12)27-9)7-8-31-15-14(16(32)29-17(31)33)18(19(21,22)23,20(24,25)26)30-10(2)28-15/h3-6,27H,7-8H2,1-2H3,(H,28,30)(H,29,32,33). The first-order chi connectivity index (χ1) is 15.3. The Bertz CT molecular complexity index is 1380. The largest absolute Gasteiger partial charge is 0.427 e. The number of rotatable bonds is 3. The normalized spacial score (nSPS) is 15.8. The van der Waals surface area contributed by atoms with Crippen LogP contribution in [0.4, 0.5) is 32.2 Å². The Balaban J connectivity index is 1.91. The number of benzene rings is 1. The number of nitrogens with zero attached hydrogens (tertiary/aromatic N) is 2. The maximum atomic E-state index is 13.9. The van der Waals surface area contributed by atoms with Gasteiger partial charge >= 0.3 is 18.0 Å². The lowest BCUT2D eigenvalue weighted by Gasteiger charge is -2.38. The minimum absolute atomic E-state index is 0.0944. The van der Waals surface area contributed by atoms with Gasteiger partial charge in [-0.25, -0.2) is 9.79 Å². The molecule has 0 unspecified atom stereocenters. The molecule has 0 aliphatic carbocycles. The lowest BCUT2D eigenvalue weighted by Crippen LogP contribution is -2.59. The first-order valence-corrected chi connectivity index (χ1v) is 9.68. The minimum atomic E-state index is -5.99. The lowest BCUT2D eigenvalue weighted by molar-refractivity contribution is -0.301. The van der Waals surface area contributed by atoms with Crippen molar-refractivity contribution in [1.82, 2.24) is 14.5 Å². The van der Waals surface area contributed by atoms with Crippen LogP contribution in [0.5, 0.6) is 0 Å². The summed E-state index contributed by atoms with van der Waals surface area (Å²) in [6.45, 7) is 2.36. The van der Waals surface area contributed by atoms with Crippen LogP contribution in [0, 0.1) is 6.92 Å². The number of aromatic nitrogens is 3. The van der Waals surface area contributed by atoms with E-state index in [4.69, 9.17) is 0 Å². The maximum absolute atomic E-state index is 13.9. The zero-order chi connectivity index (χ0) is 24.3. The molecule has 0 bridgehead atoms. The highest BCUT2D eigenvalue weighted by Gasteiger charge is 2.75. The molecule has 1 aliphatic heterocycles. The predicted molar refractivity (Wildman–Crippen MR) is 109 cm³/mol. The second-order valence-corrected chi connectivity index (χ2v) is 7.69. The summed E-state index contributed by atoms with van der Waals surface area (Å²) in [5, 5.41) is 3.07. The average molecular weight is 473 g/mol. The third kappa shape index (κ3) is 3.33. The lowest BCUT2D eigenvalue weighted by atomic mass is 9.88. The summed E-state index contributed by atoms with van der Waals surface area (Å²) >= 11 is 0. The van der Waals surface area contributed by atoms with Crippen molar-refractivity contribution >= 4 is 22.6 Å². The monoisotopic (exact) mass is 473 g/mol. The van der Waals surface area contributed by atoms with Crippen LogP contribution < -0.4 is 16.6 Å². The van der Waals surface area contributed by atoms with E-state index in [9.17, 15) is 35.9 Å². The second kappa shape index (κ2) is 7.25. The first kappa shape index (κ1) is 22.7. The van der Waals surface area contributed by atoms with E-state index in [2.05, 4.69) is 15.3 Å². The van der Waals surface area contributed by atoms with Crippen molar-refractivity contribution in [3.63, 3.8) is 0 Å². The maximum Gasteiger partial charge on any atom is 0.427 e. The van der Waals surface area contributed by atoms with Crippen LogP contribution in [-0.2, 0) is 18.5 Å². The van der Waals surface area contributed by atoms with Gasteiger partial charge < -0.3 is 10.3 Å². The Morgan fingerprint density at radius 1 is 1.00 bits per heavy atom. The summed E-state index contributed by atoms with van der Waals surface area (Å²) < 4.78 is 84.0. The fourth-order valence-electron chi connectivity index (χ4n) is 4.21. The SMILES string of the molecule is CC1=NC(C(F)(F)F)(C(F)(F)F)c2c(n(CCc3c(C)[nH]c4ccccc34)c(=O)[nH]c2=O)N1. The molecule has 13 heteroatoms. The van der Waals surface area contributed by atoms with Gasteiger partial charge in [-0.2, -0.15) is 26.3 Å². The summed E-state index contributed by atoms with van der Waals surface area (Å²) in [7, 11) is 0. The van der Waals surface area contributed by atoms with Crippen LogP contribution in [0.25, 0.3) is 10.9 Å². The third-order valence-electron chi connectivity index (χ3n) is 5.63. The van der Waals surface area contributed by atoms with E-state index < -0.39 is 46.4 Å². The molecule has 7 nitrogen and oxygen atoms in total. The van der Waals surface area contributed by atoms with Crippen LogP contribution in [0.1, 0.15) is 23.7 Å². The number of alkyl halides is 6. The number of aromatic amines is 2. The van der Waals surface area contributed by atoms with Gasteiger partial charge in [-0.3, -0.25) is 14.3 Å². The topological polar surface area (TPSA) is 95.0 Å². The first-order valence-electron chi connectivity index (χ1n) is 9.68. The molecule has 0 spiro atoms. The molecule has 2 aromatic heterocycles. The van der Waals surface area contributed by atoms with E-state index in [1.807, 2.05) is 6.07 Å². The summed E-state index contributed by atoms with van der Waals surface area (Å²) in [5.74, 6) is -1.62. The molecule has 0 saturated carbocycles. The van der Waals surface area contributed by atoms with Gasteiger partial charge in [0.15, 0.2) is 0 Å². The number of para-hydroxylation sites is 1. The molecule has 3 heterocycles. The van der Waals surface area contributed by atoms with E-state index in [1.165, 1.54) is 0 Å². The molecular formula is C20H17F6N5O2. The second-order valence-electron chi connectivity index (χ2n) is 7.69. The number of nitrogens with one attached hydrogen (secondary N) is 3. The Kier molecular flexibility index (Phi) is 4.98. The van der Waals surface area contributed by atoms with E-state index in [0.717, 1.165) is 29.1 Å². The number of H-pyrrole nitrogens is 2. The number of halogens is 6. The summed E-state index contributed by atoms with van der Waals surface area (Å²) in [6.07, 6.45) is -11.9. The van der Waals surface area contributed by atoms with E-state index in [0.29, 0.717) is 4.57 Å². The van der Waals surface area contributed by atoms with Crippen molar-refractivity contribution in [2.24, 2.45) is 4.99 Å². The summed E-state index contributed by atoms with van der Waals surface area (Å²) in [4.78, 5) is 32.4. The van der Waals surface area contributed by atoms with Crippen LogP contribution in [0.3, 0.4) is 0 Å². The molecular weight excluding hydrogens is 456 g/mol. The Morgan fingerprint density at radius 2 is 1.64 bits per heavy atom. The highest BCUT2D eigenvalue weighted by Crippen LogP contribution is 2.54. The molecule has 0 radical (unpaired) electrons. The molecule has 3 aromatic rings. The smallest absolute Gasteiger partial charge is 0.358 e. The van der Waals surface area contributed by atoms with Crippen LogP contribution in [0.2, 0.25) is 0 Å². The van der Waals surface area contributed by atoms with E-state index in [1.54, 1.807) is 30.1 Å².